The van der Waals surface area contributed by atoms with Crippen molar-refractivity contribution in [3.8, 4) is 0 Å². The van der Waals surface area contributed by atoms with Gasteiger partial charge in [-0.3, -0.25) is 9.69 Å². The van der Waals surface area contributed by atoms with Gasteiger partial charge in [0.25, 0.3) is 0 Å². The van der Waals surface area contributed by atoms with Crippen LogP contribution in [0.3, 0.4) is 0 Å². The van der Waals surface area contributed by atoms with E-state index in [1.54, 1.807) is 0 Å². The third kappa shape index (κ3) is 4.68. The van der Waals surface area contributed by atoms with Crippen LogP contribution < -0.4 is 10.6 Å². The fourth-order valence-corrected chi connectivity index (χ4v) is 3.80. The molecule has 0 aromatic carbocycles. The van der Waals surface area contributed by atoms with Crippen LogP contribution in [0.5, 0.6) is 0 Å². The van der Waals surface area contributed by atoms with Crippen LogP contribution in [-0.2, 0) is 4.79 Å². The quantitative estimate of drug-likeness (QED) is 0.815. The first-order valence-electron chi connectivity index (χ1n) is 8.74. The Morgan fingerprint density at radius 1 is 1.29 bits per heavy atom. The molecule has 2 N–H and O–H groups in total. The van der Waals surface area contributed by atoms with Gasteiger partial charge in [-0.25, -0.2) is 0 Å². The Bertz CT molecular complexity index is 337. The van der Waals surface area contributed by atoms with Crippen molar-refractivity contribution < 1.29 is 4.79 Å². The van der Waals surface area contributed by atoms with Crippen LogP contribution in [0.4, 0.5) is 0 Å². The molecule has 2 fully saturated rings. The maximum absolute atomic E-state index is 12.5. The first-order valence-corrected chi connectivity index (χ1v) is 8.74. The van der Waals surface area contributed by atoms with E-state index in [-0.39, 0.29) is 11.4 Å². The Hall–Kier alpha value is -0.610. The highest BCUT2D eigenvalue weighted by molar-refractivity contribution is 5.85. The molecule has 2 unspecified atom stereocenters. The lowest BCUT2D eigenvalue weighted by molar-refractivity contribution is -0.132. The van der Waals surface area contributed by atoms with Crippen molar-refractivity contribution in [3.05, 3.63) is 0 Å². The predicted molar refractivity (Wildman–Crippen MR) is 87.3 cm³/mol. The molecule has 2 atom stereocenters. The molecule has 1 aliphatic carbocycles. The molecule has 1 aliphatic heterocycles. The van der Waals surface area contributed by atoms with Crippen LogP contribution >= 0.6 is 0 Å². The monoisotopic (exact) mass is 295 g/mol. The molecule has 0 spiro atoms. The van der Waals surface area contributed by atoms with Gasteiger partial charge in [-0.15, -0.1) is 0 Å². The molecule has 4 nitrogen and oxygen atoms in total. The van der Waals surface area contributed by atoms with Crippen molar-refractivity contribution in [2.45, 2.75) is 58.4 Å². The summed E-state index contributed by atoms with van der Waals surface area (Å²) >= 11 is 0. The van der Waals surface area contributed by atoms with E-state index >= 15 is 0 Å². The lowest BCUT2D eigenvalue weighted by Gasteiger charge is -2.40. The molecule has 0 radical (unpaired) electrons. The summed E-state index contributed by atoms with van der Waals surface area (Å²) in [6.07, 6.45) is 6.59. The largest absolute Gasteiger partial charge is 0.354 e. The second kappa shape index (κ2) is 7.59. The summed E-state index contributed by atoms with van der Waals surface area (Å²) in [5, 5.41) is 6.52. The zero-order valence-electron chi connectivity index (χ0n) is 14.1. The maximum Gasteiger partial charge on any atom is 0.239 e. The molecule has 0 aromatic heterocycles. The van der Waals surface area contributed by atoms with E-state index in [1.165, 1.54) is 25.7 Å². The molecule has 4 heteroatoms. The first kappa shape index (κ1) is 16.8. The molecule has 122 valence electrons. The third-order valence-corrected chi connectivity index (χ3v) is 5.35. The highest BCUT2D eigenvalue weighted by Gasteiger charge is 2.34. The first-order chi connectivity index (χ1) is 10.00. The summed E-state index contributed by atoms with van der Waals surface area (Å²) < 4.78 is 0. The predicted octanol–water partition coefficient (Wildman–Crippen LogP) is 2.00. The fraction of sp³-hybridized carbons (Fsp3) is 0.941. The van der Waals surface area contributed by atoms with Crippen molar-refractivity contribution in [2.24, 2.45) is 11.8 Å². The van der Waals surface area contributed by atoms with Gasteiger partial charge in [0.15, 0.2) is 0 Å². The molecule has 0 bridgehead atoms. The summed E-state index contributed by atoms with van der Waals surface area (Å²) in [5.74, 6) is 1.88. The second-order valence-corrected chi connectivity index (χ2v) is 7.48. The smallest absolute Gasteiger partial charge is 0.239 e. The van der Waals surface area contributed by atoms with Gasteiger partial charge in [-0.1, -0.05) is 26.2 Å². The minimum atomic E-state index is -0.387. The van der Waals surface area contributed by atoms with Gasteiger partial charge in [0.05, 0.1) is 5.54 Å². The van der Waals surface area contributed by atoms with E-state index in [4.69, 9.17) is 0 Å². The lowest BCUT2D eigenvalue weighted by Crippen LogP contribution is -2.60. The number of hydrogen-bond acceptors (Lipinski definition) is 3. The van der Waals surface area contributed by atoms with Crippen molar-refractivity contribution in [3.63, 3.8) is 0 Å². The molecule has 21 heavy (non-hydrogen) atoms. The normalized spacial score (nSPS) is 28.3. The Morgan fingerprint density at radius 2 is 2.00 bits per heavy atom. The van der Waals surface area contributed by atoms with Gasteiger partial charge in [0, 0.05) is 32.7 Å². The lowest BCUT2D eigenvalue weighted by atomic mass is 9.81. The maximum atomic E-state index is 12.5. The van der Waals surface area contributed by atoms with E-state index in [1.807, 2.05) is 0 Å². The minimum absolute atomic E-state index is 0.188. The summed E-state index contributed by atoms with van der Waals surface area (Å²) in [6.45, 7) is 11.2. The molecule has 1 heterocycles. The van der Waals surface area contributed by atoms with E-state index < -0.39 is 0 Å². The molecule has 1 saturated heterocycles. The Morgan fingerprint density at radius 3 is 2.67 bits per heavy atom. The van der Waals surface area contributed by atoms with Crippen LogP contribution in [0, 0.1) is 11.8 Å². The van der Waals surface area contributed by atoms with Gasteiger partial charge in [0.2, 0.25) is 5.91 Å². The number of hydrogen-bond donors (Lipinski definition) is 2. The van der Waals surface area contributed by atoms with Gasteiger partial charge in [-0.2, -0.15) is 0 Å². The number of nitrogens with one attached hydrogen (secondary N) is 2. The molecular weight excluding hydrogens is 262 g/mol. The Labute approximate surface area is 130 Å². The molecule has 0 aromatic rings. The number of carbonyl (C=O) groups excluding carboxylic acids is 1. The SMILES string of the molecule is CC1CCCC(CCNC(=O)C(C)(C)N2CCNCC2)C1. The number of rotatable bonds is 5. The molecule has 1 saturated carbocycles. The second-order valence-electron chi connectivity index (χ2n) is 7.48. The van der Waals surface area contributed by atoms with Gasteiger partial charge in [-0.05, 0) is 38.5 Å². The van der Waals surface area contributed by atoms with Crippen molar-refractivity contribution in [1.82, 2.24) is 15.5 Å². The van der Waals surface area contributed by atoms with E-state index in [0.29, 0.717) is 0 Å². The summed E-state index contributed by atoms with van der Waals surface area (Å²) in [6, 6.07) is 0. The standard InChI is InChI=1S/C17H33N3O/c1-14-5-4-6-15(13-14)7-8-19-16(21)17(2,3)20-11-9-18-10-12-20/h14-15,18H,4-13H2,1-3H3,(H,19,21). The Kier molecular flexibility index (Phi) is 6.06. The average molecular weight is 295 g/mol. The summed E-state index contributed by atoms with van der Waals surface area (Å²) in [7, 11) is 0. The summed E-state index contributed by atoms with van der Waals surface area (Å²) in [5.41, 5.74) is -0.387. The van der Waals surface area contributed by atoms with Crippen LogP contribution in [0.1, 0.15) is 52.9 Å². The molecule has 2 rings (SSSR count). The van der Waals surface area contributed by atoms with Crippen LogP contribution in [0.15, 0.2) is 0 Å². The van der Waals surface area contributed by atoms with Crippen molar-refractivity contribution in [2.75, 3.05) is 32.7 Å². The third-order valence-electron chi connectivity index (χ3n) is 5.35. The van der Waals surface area contributed by atoms with E-state index in [0.717, 1.165) is 51.0 Å². The van der Waals surface area contributed by atoms with Crippen molar-refractivity contribution >= 4 is 5.91 Å². The van der Waals surface area contributed by atoms with Crippen LogP contribution in [-0.4, -0.2) is 49.1 Å². The van der Waals surface area contributed by atoms with Gasteiger partial charge < -0.3 is 10.6 Å². The van der Waals surface area contributed by atoms with Gasteiger partial charge in [0.1, 0.15) is 0 Å². The molecule has 2 aliphatic rings. The number of nitrogens with zero attached hydrogens (tertiary/aromatic N) is 1. The number of amides is 1. The molecular formula is C17H33N3O. The number of carbonyl (C=O) groups is 1. The Balaban J connectivity index is 1.72. The topological polar surface area (TPSA) is 44.4 Å². The zero-order valence-corrected chi connectivity index (χ0v) is 14.1. The molecule has 1 amide bonds. The summed E-state index contributed by atoms with van der Waals surface area (Å²) in [4.78, 5) is 14.8. The van der Waals surface area contributed by atoms with E-state index in [9.17, 15) is 4.79 Å². The fourth-order valence-electron chi connectivity index (χ4n) is 3.80. The van der Waals surface area contributed by atoms with Gasteiger partial charge >= 0.3 is 0 Å². The highest BCUT2D eigenvalue weighted by Crippen LogP contribution is 2.30. The van der Waals surface area contributed by atoms with Crippen LogP contribution in [0.25, 0.3) is 0 Å². The minimum Gasteiger partial charge on any atom is -0.354 e. The van der Waals surface area contributed by atoms with Crippen LogP contribution in [0.2, 0.25) is 0 Å². The zero-order chi connectivity index (χ0) is 15.3. The van der Waals surface area contributed by atoms with E-state index in [2.05, 4.69) is 36.3 Å². The number of piperazine rings is 1. The highest BCUT2D eigenvalue weighted by atomic mass is 16.2. The average Bonchev–Trinajstić information content (AvgIpc) is 2.48. The van der Waals surface area contributed by atoms with Crippen molar-refractivity contribution in [1.29, 1.82) is 0 Å².